The van der Waals surface area contributed by atoms with E-state index in [9.17, 15) is 4.79 Å². The van der Waals surface area contributed by atoms with Gasteiger partial charge in [0.25, 0.3) is 0 Å². The fourth-order valence-corrected chi connectivity index (χ4v) is 2.41. The van der Waals surface area contributed by atoms with Crippen molar-refractivity contribution >= 4 is 6.09 Å². The van der Waals surface area contributed by atoms with Crippen molar-refractivity contribution in [1.82, 2.24) is 4.90 Å². The molecule has 0 bridgehead atoms. The molecule has 0 spiro atoms. The average molecular weight is 275 g/mol. The molecule has 0 N–H and O–H groups in total. The van der Waals surface area contributed by atoms with Crippen molar-refractivity contribution < 1.29 is 9.53 Å². The first kappa shape index (κ1) is 14.9. The summed E-state index contributed by atoms with van der Waals surface area (Å²) >= 11 is 0. The quantitative estimate of drug-likeness (QED) is 0.835. The van der Waals surface area contributed by atoms with Crippen LogP contribution < -0.4 is 0 Å². The largest absolute Gasteiger partial charge is 0.444 e. The molecule has 0 atom stereocenters. The SMILES string of the molecule is CCCc1ccc(C2CN(C(=O)OC(C)(C)C)C2)cc1. The third-order valence-electron chi connectivity index (χ3n) is 3.52. The van der Waals surface area contributed by atoms with Crippen LogP contribution in [0.2, 0.25) is 0 Å². The van der Waals surface area contributed by atoms with Crippen molar-refractivity contribution in [3.05, 3.63) is 35.4 Å². The van der Waals surface area contributed by atoms with Crippen molar-refractivity contribution in [2.24, 2.45) is 0 Å². The molecule has 1 amide bonds. The van der Waals surface area contributed by atoms with Gasteiger partial charge in [-0.05, 0) is 38.3 Å². The van der Waals surface area contributed by atoms with Gasteiger partial charge >= 0.3 is 6.09 Å². The van der Waals surface area contributed by atoms with Crippen LogP contribution in [0, 0.1) is 0 Å². The first-order valence-electron chi connectivity index (χ1n) is 7.46. The predicted molar refractivity (Wildman–Crippen MR) is 81.0 cm³/mol. The van der Waals surface area contributed by atoms with Crippen molar-refractivity contribution in [3.8, 4) is 0 Å². The molecule has 1 aromatic rings. The second-order valence-corrected chi connectivity index (χ2v) is 6.57. The van der Waals surface area contributed by atoms with Gasteiger partial charge in [0.2, 0.25) is 0 Å². The van der Waals surface area contributed by atoms with Crippen LogP contribution in [0.5, 0.6) is 0 Å². The van der Waals surface area contributed by atoms with Crippen LogP contribution >= 0.6 is 0 Å². The van der Waals surface area contributed by atoms with Crippen LogP contribution in [0.4, 0.5) is 4.79 Å². The van der Waals surface area contributed by atoms with Crippen LogP contribution in [0.25, 0.3) is 0 Å². The summed E-state index contributed by atoms with van der Waals surface area (Å²) in [7, 11) is 0. The van der Waals surface area contributed by atoms with Crippen molar-refractivity contribution in [1.29, 1.82) is 0 Å². The second kappa shape index (κ2) is 5.86. The number of benzene rings is 1. The van der Waals surface area contributed by atoms with E-state index in [1.54, 1.807) is 4.90 Å². The average Bonchev–Trinajstić information content (AvgIpc) is 2.27. The van der Waals surface area contributed by atoms with Gasteiger partial charge < -0.3 is 9.64 Å². The fraction of sp³-hybridized carbons (Fsp3) is 0.588. The summed E-state index contributed by atoms with van der Waals surface area (Å²) in [5.41, 5.74) is 2.30. The Morgan fingerprint density at radius 1 is 1.25 bits per heavy atom. The zero-order valence-electron chi connectivity index (χ0n) is 13.0. The molecule has 1 fully saturated rings. The van der Waals surface area contributed by atoms with E-state index in [2.05, 4.69) is 31.2 Å². The number of aryl methyl sites for hydroxylation is 1. The number of carbonyl (C=O) groups is 1. The number of hydrogen-bond donors (Lipinski definition) is 0. The standard InChI is InChI=1S/C17H25NO2/c1-5-6-13-7-9-14(10-8-13)15-11-18(12-15)16(19)20-17(2,3)4/h7-10,15H,5-6,11-12H2,1-4H3. The molecule has 110 valence electrons. The van der Waals surface area contributed by atoms with E-state index < -0.39 is 5.60 Å². The molecule has 1 aliphatic rings. The molecule has 20 heavy (non-hydrogen) atoms. The lowest BCUT2D eigenvalue weighted by molar-refractivity contribution is 0.00819. The number of nitrogens with zero attached hydrogens (tertiary/aromatic N) is 1. The summed E-state index contributed by atoms with van der Waals surface area (Å²) < 4.78 is 5.36. The molecule has 0 aromatic heterocycles. The number of amides is 1. The van der Waals surface area contributed by atoms with Crippen molar-refractivity contribution in [3.63, 3.8) is 0 Å². The molecule has 3 nitrogen and oxygen atoms in total. The van der Waals surface area contributed by atoms with Gasteiger partial charge in [0.15, 0.2) is 0 Å². The van der Waals surface area contributed by atoms with Gasteiger partial charge in [-0.15, -0.1) is 0 Å². The lowest BCUT2D eigenvalue weighted by Crippen LogP contribution is -2.50. The molecule has 2 rings (SSSR count). The lowest BCUT2D eigenvalue weighted by Gasteiger charge is -2.40. The molecule has 1 aliphatic heterocycles. The number of likely N-dealkylation sites (tertiary alicyclic amines) is 1. The van der Waals surface area contributed by atoms with Gasteiger partial charge in [0.1, 0.15) is 5.60 Å². The van der Waals surface area contributed by atoms with Gasteiger partial charge in [0.05, 0.1) is 0 Å². The topological polar surface area (TPSA) is 29.5 Å². The Labute approximate surface area is 121 Å². The van der Waals surface area contributed by atoms with Crippen molar-refractivity contribution in [2.75, 3.05) is 13.1 Å². The van der Waals surface area contributed by atoms with Crippen LogP contribution in [-0.2, 0) is 11.2 Å². The van der Waals surface area contributed by atoms with Crippen molar-refractivity contribution in [2.45, 2.75) is 52.1 Å². The predicted octanol–water partition coefficient (Wildman–Crippen LogP) is 3.97. The molecule has 1 aromatic carbocycles. The van der Waals surface area contributed by atoms with E-state index in [0.29, 0.717) is 5.92 Å². The van der Waals surface area contributed by atoms with Gasteiger partial charge in [-0.3, -0.25) is 0 Å². The van der Waals surface area contributed by atoms with Gasteiger partial charge in [-0.1, -0.05) is 37.6 Å². The third kappa shape index (κ3) is 3.75. The molecule has 0 radical (unpaired) electrons. The minimum Gasteiger partial charge on any atom is -0.444 e. The number of hydrogen-bond acceptors (Lipinski definition) is 2. The maximum atomic E-state index is 11.9. The maximum absolute atomic E-state index is 11.9. The smallest absolute Gasteiger partial charge is 0.410 e. The first-order valence-corrected chi connectivity index (χ1v) is 7.46. The molecular weight excluding hydrogens is 250 g/mol. The molecule has 0 saturated carbocycles. The summed E-state index contributed by atoms with van der Waals surface area (Å²) in [4.78, 5) is 13.6. The second-order valence-electron chi connectivity index (χ2n) is 6.57. The van der Waals surface area contributed by atoms with Crippen LogP contribution in [-0.4, -0.2) is 29.7 Å². The minimum absolute atomic E-state index is 0.198. The highest BCUT2D eigenvalue weighted by molar-refractivity contribution is 5.69. The summed E-state index contributed by atoms with van der Waals surface area (Å²) in [6.45, 7) is 9.42. The van der Waals surface area contributed by atoms with Gasteiger partial charge in [0, 0.05) is 19.0 Å². The summed E-state index contributed by atoms with van der Waals surface area (Å²) in [6.07, 6.45) is 2.11. The Balaban J connectivity index is 1.85. The Kier molecular flexibility index (Phi) is 4.36. The molecule has 0 aliphatic carbocycles. The minimum atomic E-state index is -0.413. The number of carbonyl (C=O) groups excluding carboxylic acids is 1. The molecule has 0 unspecified atom stereocenters. The summed E-state index contributed by atoms with van der Waals surface area (Å²) in [6, 6.07) is 8.80. The van der Waals surface area contributed by atoms with E-state index in [4.69, 9.17) is 4.74 Å². The van der Waals surface area contributed by atoms with E-state index in [1.165, 1.54) is 17.5 Å². The van der Waals surface area contributed by atoms with Crippen LogP contribution in [0.3, 0.4) is 0 Å². The molecule has 1 heterocycles. The van der Waals surface area contributed by atoms with E-state index in [-0.39, 0.29) is 6.09 Å². The zero-order chi connectivity index (χ0) is 14.8. The summed E-state index contributed by atoms with van der Waals surface area (Å²) in [5.74, 6) is 0.457. The molecule has 1 saturated heterocycles. The third-order valence-corrected chi connectivity index (χ3v) is 3.52. The molecule has 3 heteroatoms. The highest BCUT2D eigenvalue weighted by atomic mass is 16.6. The van der Waals surface area contributed by atoms with Crippen LogP contribution in [0.1, 0.15) is 51.2 Å². The highest BCUT2D eigenvalue weighted by Crippen LogP contribution is 2.28. The van der Waals surface area contributed by atoms with E-state index >= 15 is 0 Å². The van der Waals surface area contributed by atoms with E-state index in [1.807, 2.05) is 20.8 Å². The Morgan fingerprint density at radius 3 is 2.35 bits per heavy atom. The van der Waals surface area contributed by atoms with Gasteiger partial charge in [-0.2, -0.15) is 0 Å². The Hall–Kier alpha value is -1.51. The molecular formula is C17H25NO2. The highest BCUT2D eigenvalue weighted by Gasteiger charge is 2.34. The fourth-order valence-electron chi connectivity index (χ4n) is 2.41. The van der Waals surface area contributed by atoms with Crippen LogP contribution in [0.15, 0.2) is 24.3 Å². The normalized spacial score (nSPS) is 15.9. The number of ether oxygens (including phenoxy) is 1. The number of rotatable bonds is 3. The van der Waals surface area contributed by atoms with Gasteiger partial charge in [-0.25, -0.2) is 4.79 Å². The Morgan fingerprint density at radius 2 is 1.85 bits per heavy atom. The summed E-state index contributed by atoms with van der Waals surface area (Å²) in [5, 5.41) is 0. The van der Waals surface area contributed by atoms with E-state index in [0.717, 1.165) is 19.5 Å². The first-order chi connectivity index (χ1) is 9.39. The zero-order valence-corrected chi connectivity index (χ0v) is 13.0. The lowest BCUT2D eigenvalue weighted by atomic mass is 9.91. The Bertz CT molecular complexity index is 453. The maximum Gasteiger partial charge on any atom is 0.410 e. The monoisotopic (exact) mass is 275 g/mol.